The van der Waals surface area contributed by atoms with Gasteiger partial charge in [0.25, 0.3) is 0 Å². The second-order valence-electron chi connectivity index (χ2n) is 5.02. The largest absolute Gasteiger partial charge is 0.480 e. The van der Waals surface area contributed by atoms with E-state index < -0.39 is 17.8 Å². The summed E-state index contributed by atoms with van der Waals surface area (Å²) in [6, 6.07) is 0.896. The molecule has 0 aromatic carbocycles. The monoisotopic (exact) mass is 385 g/mol. The number of urea groups is 1. The Bertz CT molecular complexity index is 798. The number of nitrogens with one attached hydrogen (secondary N) is 3. The number of carbonyl (C=O) groups excluding carboxylic acids is 1. The van der Waals surface area contributed by atoms with Crippen LogP contribution in [0.3, 0.4) is 0 Å². The van der Waals surface area contributed by atoms with Crippen molar-refractivity contribution in [2.75, 3.05) is 18.3 Å². The van der Waals surface area contributed by atoms with Crippen LogP contribution < -0.4 is 26.6 Å². The smallest absolute Gasteiger partial charge is 0.412 e. The summed E-state index contributed by atoms with van der Waals surface area (Å²) in [5.74, 6) is -0.462. The third kappa shape index (κ3) is 6.38. The number of rotatable bonds is 6. The number of carbonyl (C=O) groups is 1. The Morgan fingerprint density at radius 3 is 2.59 bits per heavy atom. The minimum atomic E-state index is -4.51. The number of allylic oxidation sites excluding steroid dienone is 3. The van der Waals surface area contributed by atoms with Crippen molar-refractivity contribution in [3.05, 3.63) is 29.0 Å². The van der Waals surface area contributed by atoms with E-state index in [1.807, 2.05) is 0 Å². The number of hydrogen-bond acceptors (Lipinski definition) is 7. The van der Waals surface area contributed by atoms with Crippen LogP contribution in [0.5, 0.6) is 5.88 Å². The molecule has 0 bridgehead atoms. The van der Waals surface area contributed by atoms with Crippen LogP contribution in [-0.2, 0) is 0 Å². The number of amides is 2. The zero-order chi connectivity index (χ0) is 20.6. The van der Waals surface area contributed by atoms with Gasteiger partial charge in [-0.1, -0.05) is 13.0 Å². The quantitative estimate of drug-likeness (QED) is 0.436. The summed E-state index contributed by atoms with van der Waals surface area (Å²) in [4.78, 5) is 19.4. The van der Waals surface area contributed by atoms with Gasteiger partial charge in [-0.2, -0.15) is 28.4 Å². The van der Waals surface area contributed by atoms with E-state index in [-0.39, 0.29) is 28.9 Å². The van der Waals surface area contributed by atoms with Crippen molar-refractivity contribution in [2.24, 2.45) is 0 Å². The van der Waals surface area contributed by atoms with Crippen molar-refractivity contribution in [2.45, 2.75) is 26.4 Å². The lowest BCUT2D eigenvalue weighted by molar-refractivity contribution is -0.0913. The Hall–Kier alpha value is -3.49. The molecule has 0 aliphatic rings. The van der Waals surface area contributed by atoms with Crippen LogP contribution in [0.25, 0.3) is 0 Å². The number of anilines is 2. The predicted octanol–water partition coefficient (Wildman–Crippen LogP) is 2.37. The molecule has 12 heteroatoms. The van der Waals surface area contributed by atoms with E-state index in [4.69, 9.17) is 15.7 Å². The first-order chi connectivity index (χ1) is 12.6. The molecule has 1 rings (SSSR count). The maximum absolute atomic E-state index is 12.6. The van der Waals surface area contributed by atoms with Gasteiger partial charge in [0.05, 0.1) is 7.11 Å². The number of alkyl halides is 3. The van der Waals surface area contributed by atoms with Gasteiger partial charge in [-0.3, -0.25) is 5.43 Å². The van der Waals surface area contributed by atoms with Gasteiger partial charge in [0.15, 0.2) is 11.4 Å². The summed E-state index contributed by atoms with van der Waals surface area (Å²) in [5, 5.41) is 11.4. The number of aromatic nitrogens is 2. The molecular weight excluding hydrogens is 367 g/mol. The van der Waals surface area contributed by atoms with Gasteiger partial charge in [-0.05, 0) is 19.4 Å². The Labute approximate surface area is 153 Å². The number of hydrogen-bond donors (Lipinski definition) is 4. The number of nitriles is 1. The molecule has 0 saturated carbocycles. The van der Waals surface area contributed by atoms with Crippen LogP contribution >= 0.6 is 0 Å². The molecule has 9 nitrogen and oxygen atoms in total. The molecule has 0 unspecified atom stereocenters. The molecule has 2 amide bonds. The molecule has 27 heavy (non-hydrogen) atoms. The van der Waals surface area contributed by atoms with Crippen molar-refractivity contribution in [3.63, 3.8) is 0 Å². The summed E-state index contributed by atoms with van der Waals surface area (Å²) in [6.07, 6.45) is -1.92. The fourth-order valence-corrected chi connectivity index (χ4v) is 1.75. The van der Waals surface area contributed by atoms with Gasteiger partial charge in [-0.15, -0.1) is 0 Å². The van der Waals surface area contributed by atoms with E-state index in [9.17, 15) is 18.0 Å². The third-order valence-corrected chi connectivity index (χ3v) is 2.99. The highest BCUT2D eigenvalue weighted by Gasteiger charge is 2.30. The Morgan fingerprint density at radius 1 is 1.41 bits per heavy atom. The first-order valence-corrected chi connectivity index (χ1v) is 7.52. The Kier molecular flexibility index (Phi) is 7.40. The summed E-state index contributed by atoms with van der Waals surface area (Å²) in [6.45, 7) is 2.58. The highest BCUT2D eigenvalue weighted by atomic mass is 19.4. The Balaban J connectivity index is 2.90. The van der Waals surface area contributed by atoms with Gasteiger partial charge in [0.2, 0.25) is 11.8 Å². The number of nitrogens with two attached hydrogens (primary N) is 1. The lowest BCUT2D eigenvalue weighted by atomic mass is 10.2. The van der Waals surface area contributed by atoms with E-state index in [0.717, 1.165) is 13.0 Å². The molecule has 5 N–H and O–H groups in total. The van der Waals surface area contributed by atoms with Crippen LogP contribution in [0, 0.1) is 11.3 Å². The maximum atomic E-state index is 12.6. The summed E-state index contributed by atoms with van der Waals surface area (Å²) in [5.41, 5.74) is 8.92. The molecule has 1 aromatic rings. The average molecular weight is 385 g/mol. The zero-order valence-electron chi connectivity index (χ0n) is 14.7. The number of hydrazine groups is 1. The third-order valence-electron chi connectivity index (χ3n) is 2.99. The van der Waals surface area contributed by atoms with Crippen LogP contribution in [0.15, 0.2) is 23.4 Å². The molecule has 146 valence electrons. The van der Waals surface area contributed by atoms with Crippen molar-refractivity contribution in [3.8, 4) is 11.9 Å². The minimum Gasteiger partial charge on any atom is -0.480 e. The highest BCUT2D eigenvalue weighted by Crippen LogP contribution is 2.25. The maximum Gasteiger partial charge on any atom is 0.412 e. The number of nitrogen functional groups attached to an aromatic ring is 1. The average Bonchev–Trinajstić information content (AvgIpc) is 2.58. The first kappa shape index (κ1) is 21.6. The lowest BCUT2D eigenvalue weighted by Crippen LogP contribution is -2.39. The molecule has 0 spiro atoms. The molecule has 0 fully saturated rings. The summed E-state index contributed by atoms with van der Waals surface area (Å²) in [7, 11) is 1.27. The van der Waals surface area contributed by atoms with Crippen molar-refractivity contribution < 1.29 is 22.7 Å². The van der Waals surface area contributed by atoms with Gasteiger partial charge in [-0.25, -0.2) is 10.2 Å². The van der Waals surface area contributed by atoms with E-state index in [2.05, 4.69) is 26.1 Å². The fourth-order valence-electron chi connectivity index (χ4n) is 1.75. The summed E-state index contributed by atoms with van der Waals surface area (Å²) >= 11 is 0. The number of methoxy groups -OCH3 is 1. The molecule has 0 aliphatic heterocycles. The van der Waals surface area contributed by atoms with Crippen LogP contribution in [-0.4, -0.2) is 29.3 Å². The normalized spacial score (nSPS) is 12.2. The predicted molar refractivity (Wildman–Crippen MR) is 91.2 cm³/mol. The van der Waals surface area contributed by atoms with Gasteiger partial charge >= 0.3 is 12.2 Å². The van der Waals surface area contributed by atoms with Gasteiger partial charge < -0.3 is 15.8 Å². The number of halogens is 3. The second-order valence-corrected chi connectivity index (χ2v) is 5.02. The second kappa shape index (κ2) is 9.27. The zero-order valence-corrected chi connectivity index (χ0v) is 14.7. The standard InChI is InChI=1S/C15H18F3N7O2/c1-4-5-9(6-8(2)15(16,17)18)21-14(26)25-24-11-10(7-19)12(27-3)23-13(20)22-11/h5-6H,4H2,1-3H3,(H2,21,25,26)(H3,20,22,23,24)/b8-6+,9-5+. The molecule has 1 heterocycles. The molecule has 1 aromatic heterocycles. The van der Waals surface area contributed by atoms with Crippen molar-refractivity contribution in [1.82, 2.24) is 20.7 Å². The first-order valence-electron chi connectivity index (χ1n) is 7.52. The van der Waals surface area contributed by atoms with Crippen molar-refractivity contribution >= 4 is 17.8 Å². The summed E-state index contributed by atoms with van der Waals surface area (Å²) < 4.78 is 42.8. The van der Waals surface area contributed by atoms with Crippen LogP contribution in [0.4, 0.5) is 29.7 Å². The van der Waals surface area contributed by atoms with E-state index in [0.29, 0.717) is 6.42 Å². The fraction of sp³-hybridized carbons (Fsp3) is 0.333. The Morgan fingerprint density at radius 2 is 2.07 bits per heavy atom. The van der Waals surface area contributed by atoms with E-state index >= 15 is 0 Å². The molecular formula is C15H18F3N7O2. The SMILES string of the molecule is CC/C=C(\C=C(/C)C(F)(F)F)NC(=O)NNc1nc(N)nc(OC)c1C#N. The van der Waals surface area contributed by atoms with Gasteiger partial charge in [0, 0.05) is 11.3 Å². The van der Waals surface area contributed by atoms with Crippen LogP contribution in [0.1, 0.15) is 25.8 Å². The minimum absolute atomic E-state index is 0.0492. The lowest BCUT2D eigenvalue weighted by Gasteiger charge is -2.13. The number of nitrogens with zero attached hydrogens (tertiary/aromatic N) is 3. The molecule has 0 atom stereocenters. The van der Waals surface area contributed by atoms with Crippen molar-refractivity contribution in [1.29, 1.82) is 5.26 Å². The molecule has 0 radical (unpaired) electrons. The van der Waals surface area contributed by atoms with Crippen LogP contribution in [0.2, 0.25) is 0 Å². The molecule has 0 saturated heterocycles. The van der Waals surface area contributed by atoms with Gasteiger partial charge in [0.1, 0.15) is 6.07 Å². The van der Waals surface area contributed by atoms with E-state index in [1.54, 1.807) is 13.0 Å². The topological polar surface area (TPSA) is 138 Å². The highest BCUT2D eigenvalue weighted by molar-refractivity contribution is 5.78. The van der Waals surface area contributed by atoms with E-state index in [1.165, 1.54) is 13.2 Å². The number of ether oxygens (including phenoxy) is 1. The molecule has 0 aliphatic carbocycles.